The standard InChI is InChI=1S/C12H15Br2NO2/c1-17-8-9(6-7-13)15-12(16)10-4-2-3-5-11(10)14/h2-5,9H,6-8H2,1H3,(H,15,16). The van der Waals surface area contributed by atoms with Crippen LogP contribution in [0, 0.1) is 0 Å². The third-order valence-electron chi connectivity index (χ3n) is 2.28. The molecule has 1 unspecified atom stereocenters. The normalized spacial score (nSPS) is 12.2. The Bertz CT molecular complexity index is 365. The molecule has 0 aliphatic carbocycles. The maximum atomic E-state index is 12.0. The first-order valence-electron chi connectivity index (χ1n) is 5.29. The molecule has 17 heavy (non-hydrogen) atoms. The Morgan fingerprint density at radius 2 is 2.18 bits per heavy atom. The van der Waals surface area contributed by atoms with E-state index in [2.05, 4.69) is 37.2 Å². The van der Waals surface area contributed by atoms with Crippen LogP contribution in [-0.2, 0) is 4.74 Å². The highest BCUT2D eigenvalue weighted by Gasteiger charge is 2.14. The van der Waals surface area contributed by atoms with Gasteiger partial charge in [0.2, 0.25) is 0 Å². The van der Waals surface area contributed by atoms with E-state index in [-0.39, 0.29) is 11.9 Å². The molecule has 94 valence electrons. The second-order valence-electron chi connectivity index (χ2n) is 3.58. The molecule has 0 aromatic heterocycles. The molecule has 0 aliphatic heterocycles. The number of nitrogens with one attached hydrogen (secondary N) is 1. The van der Waals surface area contributed by atoms with E-state index < -0.39 is 0 Å². The molecule has 1 atom stereocenters. The Hall–Kier alpha value is -0.390. The number of carbonyl (C=O) groups is 1. The number of carbonyl (C=O) groups excluding carboxylic acids is 1. The topological polar surface area (TPSA) is 38.3 Å². The zero-order valence-corrected chi connectivity index (χ0v) is 12.8. The number of alkyl halides is 1. The Labute approximate surface area is 118 Å². The van der Waals surface area contributed by atoms with E-state index in [1.165, 1.54) is 0 Å². The van der Waals surface area contributed by atoms with Gasteiger partial charge in [0, 0.05) is 16.9 Å². The second kappa shape index (κ2) is 7.84. The Morgan fingerprint density at radius 1 is 1.47 bits per heavy atom. The predicted octanol–water partition coefficient (Wildman–Crippen LogP) is 2.98. The third-order valence-corrected chi connectivity index (χ3v) is 3.43. The predicted molar refractivity (Wildman–Crippen MR) is 75.7 cm³/mol. The summed E-state index contributed by atoms with van der Waals surface area (Å²) >= 11 is 6.73. The van der Waals surface area contributed by atoms with Crippen LogP contribution in [0.1, 0.15) is 16.8 Å². The van der Waals surface area contributed by atoms with Gasteiger partial charge in [0.15, 0.2) is 0 Å². The number of hydrogen-bond donors (Lipinski definition) is 1. The van der Waals surface area contributed by atoms with Crippen molar-refractivity contribution in [2.75, 3.05) is 19.0 Å². The van der Waals surface area contributed by atoms with Gasteiger partial charge in [-0.3, -0.25) is 4.79 Å². The monoisotopic (exact) mass is 363 g/mol. The van der Waals surface area contributed by atoms with E-state index in [1.807, 2.05) is 18.2 Å². The Balaban J connectivity index is 2.67. The zero-order chi connectivity index (χ0) is 12.7. The van der Waals surface area contributed by atoms with Gasteiger partial charge in [0.1, 0.15) is 0 Å². The van der Waals surface area contributed by atoms with E-state index in [4.69, 9.17) is 4.74 Å². The summed E-state index contributed by atoms with van der Waals surface area (Å²) in [5.41, 5.74) is 0.642. The fourth-order valence-electron chi connectivity index (χ4n) is 1.44. The Kier molecular flexibility index (Phi) is 6.77. The van der Waals surface area contributed by atoms with Crippen LogP contribution in [-0.4, -0.2) is 31.0 Å². The van der Waals surface area contributed by atoms with Gasteiger partial charge in [-0.1, -0.05) is 28.1 Å². The maximum Gasteiger partial charge on any atom is 0.252 e. The largest absolute Gasteiger partial charge is 0.383 e. The SMILES string of the molecule is COCC(CCBr)NC(=O)c1ccccc1Br. The van der Waals surface area contributed by atoms with Crippen molar-refractivity contribution in [3.8, 4) is 0 Å². The first-order chi connectivity index (χ1) is 8.19. The minimum absolute atomic E-state index is 0.0268. The van der Waals surface area contributed by atoms with E-state index in [0.29, 0.717) is 12.2 Å². The summed E-state index contributed by atoms with van der Waals surface area (Å²) in [5.74, 6) is -0.0829. The lowest BCUT2D eigenvalue weighted by Gasteiger charge is -2.17. The van der Waals surface area contributed by atoms with Crippen LogP contribution in [0.25, 0.3) is 0 Å². The number of ether oxygens (including phenoxy) is 1. The van der Waals surface area contributed by atoms with Gasteiger partial charge < -0.3 is 10.1 Å². The minimum Gasteiger partial charge on any atom is -0.383 e. The summed E-state index contributed by atoms with van der Waals surface area (Å²) in [6.45, 7) is 0.516. The second-order valence-corrected chi connectivity index (χ2v) is 5.23. The van der Waals surface area contributed by atoms with Crippen LogP contribution in [0.2, 0.25) is 0 Å². The van der Waals surface area contributed by atoms with Crippen molar-refractivity contribution in [3.63, 3.8) is 0 Å². The highest BCUT2D eigenvalue weighted by molar-refractivity contribution is 9.10. The summed E-state index contributed by atoms with van der Waals surface area (Å²) in [4.78, 5) is 12.0. The van der Waals surface area contributed by atoms with Crippen molar-refractivity contribution in [1.82, 2.24) is 5.32 Å². The van der Waals surface area contributed by atoms with E-state index >= 15 is 0 Å². The van der Waals surface area contributed by atoms with Crippen molar-refractivity contribution in [3.05, 3.63) is 34.3 Å². The van der Waals surface area contributed by atoms with E-state index in [1.54, 1.807) is 13.2 Å². The molecular formula is C12H15Br2NO2. The quantitative estimate of drug-likeness (QED) is 0.788. The summed E-state index contributed by atoms with van der Waals surface area (Å²) in [7, 11) is 1.63. The number of benzene rings is 1. The number of amides is 1. The number of halogens is 2. The molecule has 0 fully saturated rings. The molecule has 3 nitrogen and oxygen atoms in total. The molecule has 0 heterocycles. The first kappa shape index (κ1) is 14.7. The third kappa shape index (κ3) is 4.77. The number of hydrogen-bond acceptors (Lipinski definition) is 2. The molecule has 1 aromatic carbocycles. The molecule has 0 saturated heterocycles. The molecule has 1 amide bonds. The van der Waals surface area contributed by atoms with Crippen LogP contribution in [0.4, 0.5) is 0 Å². The van der Waals surface area contributed by atoms with Gasteiger partial charge in [-0.05, 0) is 34.5 Å². The van der Waals surface area contributed by atoms with Crippen LogP contribution >= 0.6 is 31.9 Å². The van der Waals surface area contributed by atoms with Crippen molar-refractivity contribution >= 4 is 37.8 Å². The highest BCUT2D eigenvalue weighted by atomic mass is 79.9. The number of rotatable bonds is 6. The summed E-state index contributed by atoms with van der Waals surface area (Å²) < 4.78 is 5.87. The van der Waals surface area contributed by atoms with Crippen molar-refractivity contribution in [2.45, 2.75) is 12.5 Å². The number of methoxy groups -OCH3 is 1. The highest BCUT2D eigenvalue weighted by Crippen LogP contribution is 2.15. The molecule has 1 aromatic rings. The van der Waals surface area contributed by atoms with E-state index in [9.17, 15) is 4.79 Å². The fraction of sp³-hybridized carbons (Fsp3) is 0.417. The van der Waals surface area contributed by atoms with E-state index in [0.717, 1.165) is 16.2 Å². The van der Waals surface area contributed by atoms with Crippen LogP contribution in [0.3, 0.4) is 0 Å². The molecule has 0 bridgehead atoms. The lowest BCUT2D eigenvalue weighted by atomic mass is 10.2. The lowest BCUT2D eigenvalue weighted by Crippen LogP contribution is -2.38. The van der Waals surface area contributed by atoms with Crippen LogP contribution < -0.4 is 5.32 Å². The van der Waals surface area contributed by atoms with Gasteiger partial charge in [-0.25, -0.2) is 0 Å². The molecule has 1 rings (SSSR count). The molecule has 1 N–H and O–H groups in total. The molecule has 0 saturated carbocycles. The molecule has 0 aliphatic rings. The molecule has 0 radical (unpaired) electrons. The first-order valence-corrected chi connectivity index (χ1v) is 7.20. The zero-order valence-electron chi connectivity index (χ0n) is 9.58. The minimum atomic E-state index is -0.0829. The average molecular weight is 365 g/mol. The molecular weight excluding hydrogens is 350 g/mol. The molecule has 5 heteroatoms. The van der Waals surface area contributed by atoms with Crippen LogP contribution in [0.5, 0.6) is 0 Å². The molecule has 0 spiro atoms. The van der Waals surface area contributed by atoms with Gasteiger partial charge in [0.05, 0.1) is 18.2 Å². The lowest BCUT2D eigenvalue weighted by molar-refractivity contribution is 0.0894. The smallest absolute Gasteiger partial charge is 0.252 e. The fourth-order valence-corrected chi connectivity index (χ4v) is 2.46. The summed E-state index contributed by atoms with van der Waals surface area (Å²) in [5, 5.41) is 3.78. The van der Waals surface area contributed by atoms with Crippen molar-refractivity contribution < 1.29 is 9.53 Å². The Morgan fingerprint density at radius 3 is 2.76 bits per heavy atom. The average Bonchev–Trinajstić information content (AvgIpc) is 2.30. The maximum absolute atomic E-state index is 12.0. The van der Waals surface area contributed by atoms with Gasteiger partial charge in [0.25, 0.3) is 5.91 Å². The van der Waals surface area contributed by atoms with Gasteiger partial charge in [-0.2, -0.15) is 0 Å². The van der Waals surface area contributed by atoms with Crippen LogP contribution in [0.15, 0.2) is 28.7 Å². The van der Waals surface area contributed by atoms with Crippen molar-refractivity contribution in [2.24, 2.45) is 0 Å². The van der Waals surface area contributed by atoms with Gasteiger partial charge in [-0.15, -0.1) is 0 Å². The van der Waals surface area contributed by atoms with Gasteiger partial charge >= 0.3 is 0 Å². The summed E-state index contributed by atoms with van der Waals surface area (Å²) in [6, 6.07) is 7.39. The van der Waals surface area contributed by atoms with Crippen molar-refractivity contribution in [1.29, 1.82) is 0 Å². The summed E-state index contributed by atoms with van der Waals surface area (Å²) in [6.07, 6.45) is 0.837.